The molecule has 0 aliphatic carbocycles. The van der Waals surface area contributed by atoms with Crippen LogP contribution < -0.4 is 15.2 Å². The highest BCUT2D eigenvalue weighted by molar-refractivity contribution is 5.55. The molecule has 0 spiro atoms. The van der Waals surface area contributed by atoms with Crippen molar-refractivity contribution in [1.29, 1.82) is 0 Å². The minimum absolute atomic E-state index is 0.266. The lowest BCUT2D eigenvalue weighted by Gasteiger charge is -2.23. The molecule has 0 aliphatic heterocycles. The third-order valence-electron chi connectivity index (χ3n) is 2.79. The van der Waals surface area contributed by atoms with Crippen molar-refractivity contribution in [2.45, 2.75) is 39.7 Å². The van der Waals surface area contributed by atoms with E-state index in [2.05, 4.69) is 13.0 Å². The first-order chi connectivity index (χ1) is 7.80. The van der Waals surface area contributed by atoms with Crippen molar-refractivity contribution in [2.24, 2.45) is 5.73 Å². The molecule has 3 nitrogen and oxygen atoms in total. The summed E-state index contributed by atoms with van der Waals surface area (Å²) in [4.78, 5) is 0. The van der Waals surface area contributed by atoms with Crippen LogP contribution in [0.2, 0.25) is 0 Å². The van der Waals surface area contributed by atoms with Crippen LogP contribution in [0.1, 0.15) is 30.5 Å². The summed E-state index contributed by atoms with van der Waals surface area (Å²) in [5.41, 5.74) is 9.23. The average molecular weight is 237 g/mol. The molecular formula is C14H23NO2. The SMILES string of the molecule is COc1c(C)cc(C)c(CC(C)(C)N)c1OC. The lowest BCUT2D eigenvalue weighted by molar-refractivity contribution is 0.346. The van der Waals surface area contributed by atoms with Gasteiger partial charge in [0.1, 0.15) is 0 Å². The van der Waals surface area contributed by atoms with Crippen LogP contribution in [0.5, 0.6) is 11.5 Å². The van der Waals surface area contributed by atoms with Crippen molar-refractivity contribution in [1.82, 2.24) is 0 Å². The average Bonchev–Trinajstić information content (AvgIpc) is 2.19. The van der Waals surface area contributed by atoms with Gasteiger partial charge in [-0.15, -0.1) is 0 Å². The Kier molecular flexibility index (Phi) is 4.04. The summed E-state index contributed by atoms with van der Waals surface area (Å²) in [5, 5.41) is 0. The Bertz CT molecular complexity index is 406. The monoisotopic (exact) mass is 237 g/mol. The standard InChI is InChI=1S/C14H23NO2/c1-9-7-10(2)12(16-5)13(17-6)11(9)8-14(3,4)15/h7H,8,15H2,1-6H3. The molecule has 0 amide bonds. The Morgan fingerprint density at radius 3 is 2.00 bits per heavy atom. The van der Waals surface area contributed by atoms with Crippen molar-refractivity contribution >= 4 is 0 Å². The summed E-state index contributed by atoms with van der Waals surface area (Å²) in [5.74, 6) is 1.61. The molecule has 0 radical (unpaired) electrons. The zero-order valence-electron chi connectivity index (χ0n) is 11.7. The highest BCUT2D eigenvalue weighted by Crippen LogP contribution is 2.37. The maximum Gasteiger partial charge on any atom is 0.164 e. The van der Waals surface area contributed by atoms with Crippen molar-refractivity contribution in [3.63, 3.8) is 0 Å². The van der Waals surface area contributed by atoms with Crippen LogP contribution in [0.4, 0.5) is 0 Å². The van der Waals surface area contributed by atoms with Gasteiger partial charge in [0, 0.05) is 11.1 Å². The van der Waals surface area contributed by atoms with Gasteiger partial charge in [-0.25, -0.2) is 0 Å². The van der Waals surface area contributed by atoms with E-state index in [9.17, 15) is 0 Å². The van der Waals surface area contributed by atoms with Gasteiger partial charge < -0.3 is 15.2 Å². The molecule has 3 heteroatoms. The van der Waals surface area contributed by atoms with E-state index in [-0.39, 0.29) is 5.54 Å². The second-order valence-electron chi connectivity index (χ2n) is 5.22. The fourth-order valence-corrected chi connectivity index (χ4v) is 2.12. The molecule has 0 fully saturated rings. The molecule has 0 aliphatic rings. The van der Waals surface area contributed by atoms with Crippen molar-refractivity contribution < 1.29 is 9.47 Å². The molecule has 0 saturated carbocycles. The van der Waals surface area contributed by atoms with Crippen LogP contribution in [0.25, 0.3) is 0 Å². The van der Waals surface area contributed by atoms with Crippen LogP contribution in [0, 0.1) is 13.8 Å². The minimum atomic E-state index is -0.266. The van der Waals surface area contributed by atoms with Gasteiger partial charge in [0.2, 0.25) is 0 Å². The van der Waals surface area contributed by atoms with Gasteiger partial charge >= 0.3 is 0 Å². The van der Waals surface area contributed by atoms with E-state index < -0.39 is 0 Å². The van der Waals surface area contributed by atoms with E-state index in [0.29, 0.717) is 0 Å². The molecule has 0 aromatic heterocycles. The fraction of sp³-hybridized carbons (Fsp3) is 0.571. The Balaban J connectivity index is 3.37. The molecule has 1 rings (SSSR count). The summed E-state index contributed by atoms with van der Waals surface area (Å²) < 4.78 is 10.9. The van der Waals surface area contributed by atoms with Crippen molar-refractivity contribution in [3.05, 3.63) is 22.8 Å². The lowest BCUT2D eigenvalue weighted by Crippen LogP contribution is -2.34. The first-order valence-electron chi connectivity index (χ1n) is 5.80. The predicted octanol–water partition coefficient (Wildman–Crippen LogP) is 2.60. The number of hydrogen-bond acceptors (Lipinski definition) is 3. The second-order valence-corrected chi connectivity index (χ2v) is 5.22. The van der Waals surface area contributed by atoms with Crippen LogP contribution in [0.15, 0.2) is 6.07 Å². The van der Waals surface area contributed by atoms with Gasteiger partial charge in [-0.05, 0) is 45.2 Å². The number of benzene rings is 1. The predicted molar refractivity (Wildman–Crippen MR) is 71.0 cm³/mol. The van der Waals surface area contributed by atoms with E-state index in [1.165, 1.54) is 5.56 Å². The van der Waals surface area contributed by atoms with Crippen molar-refractivity contribution in [2.75, 3.05) is 14.2 Å². The number of nitrogens with two attached hydrogens (primary N) is 1. The van der Waals surface area contributed by atoms with E-state index in [4.69, 9.17) is 15.2 Å². The second kappa shape index (κ2) is 4.96. The molecule has 17 heavy (non-hydrogen) atoms. The maximum atomic E-state index is 6.09. The van der Waals surface area contributed by atoms with Crippen LogP contribution in [-0.2, 0) is 6.42 Å². The normalized spacial score (nSPS) is 11.5. The van der Waals surface area contributed by atoms with Crippen LogP contribution in [0.3, 0.4) is 0 Å². The summed E-state index contributed by atoms with van der Waals surface area (Å²) in [7, 11) is 3.33. The van der Waals surface area contributed by atoms with Crippen molar-refractivity contribution in [3.8, 4) is 11.5 Å². The van der Waals surface area contributed by atoms with Gasteiger partial charge in [-0.2, -0.15) is 0 Å². The van der Waals surface area contributed by atoms with Gasteiger partial charge in [0.05, 0.1) is 14.2 Å². The number of ether oxygens (including phenoxy) is 2. The first kappa shape index (κ1) is 13.8. The van der Waals surface area contributed by atoms with Gasteiger partial charge in [0.15, 0.2) is 11.5 Å². The summed E-state index contributed by atoms with van der Waals surface area (Å²) in [6.45, 7) is 8.12. The first-order valence-corrected chi connectivity index (χ1v) is 5.80. The van der Waals surface area contributed by atoms with Gasteiger partial charge in [0.25, 0.3) is 0 Å². The third-order valence-corrected chi connectivity index (χ3v) is 2.79. The summed E-state index contributed by atoms with van der Waals surface area (Å²) in [6, 6.07) is 2.11. The van der Waals surface area contributed by atoms with Crippen LogP contribution in [-0.4, -0.2) is 19.8 Å². The fourth-order valence-electron chi connectivity index (χ4n) is 2.12. The zero-order chi connectivity index (χ0) is 13.2. The van der Waals surface area contributed by atoms with E-state index >= 15 is 0 Å². The summed E-state index contributed by atoms with van der Waals surface area (Å²) in [6.07, 6.45) is 0.763. The topological polar surface area (TPSA) is 44.5 Å². The van der Waals surface area contributed by atoms with E-state index in [1.807, 2.05) is 20.8 Å². The molecule has 0 saturated heterocycles. The zero-order valence-corrected chi connectivity index (χ0v) is 11.7. The molecular weight excluding hydrogens is 214 g/mol. The molecule has 0 bridgehead atoms. The molecule has 1 aromatic rings. The van der Waals surface area contributed by atoms with Gasteiger partial charge in [-0.1, -0.05) is 6.07 Å². The highest BCUT2D eigenvalue weighted by Gasteiger charge is 2.21. The molecule has 0 atom stereocenters. The molecule has 2 N–H and O–H groups in total. The number of rotatable bonds is 4. The van der Waals surface area contributed by atoms with E-state index in [1.54, 1.807) is 14.2 Å². The Hall–Kier alpha value is -1.22. The number of aryl methyl sites for hydroxylation is 2. The highest BCUT2D eigenvalue weighted by atomic mass is 16.5. The lowest BCUT2D eigenvalue weighted by atomic mass is 9.91. The smallest absolute Gasteiger partial charge is 0.164 e. The Morgan fingerprint density at radius 1 is 1.06 bits per heavy atom. The van der Waals surface area contributed by atoms with Gasteiger partial charge in [-0.3, -0.25) is 0 Å². The maximum absolute atomic E-state index is 6.09. The molecule has 0 unspecified atom stereocenters. The quantitative estimate of drug-likeness (QED) is 0.875. The Morgan fingerprint density at radius 2 is 1.59 bits per heavy atom. The Labute approximate surface area is 104 Å². The molecule has 1 aromatic carbocycles. The number of methoxy groups -OCH3 is 2. The van der Waals surface area contributed by atoms with E-state index in [0.717, 1.165) is 29.0 Å². The largest absolute Gasteiger partial charge is 0.493 e. The third kappa shape index (κ3) is 3.13. The number of hydrogen-bond donors (Lipinski definition) is 1. The molecule has 96 valence electrons. The molecule has 0 heterocycles. The van der Waals surface area contributed by atoms with Crippen LogP contribution >= 0.6 is 0 Å². The summed E-state index contributed by atoms with van der Waals surface area (Å²) >= 11 is 0. The minimum Gasteiger partial charge on any atom is -0.493 e.